The normalized spacial score (nSPS) is 20.6. The standard InChI is InChI=1S/C21H30N6O3/c22-21(23)25-12-4-11-24-20(30)17-9-8-16-13-26(14-19(29)27(16)17)18(28)10-7-15-5-2-1-3-6-15/h1-3,5-6,16-17H,4,7-14H2,(H,24,30)(H4,22,23,25). The molecule has 2 fully saturated rings. The van der Waals surface area contributed by atoms with Crippen LogP contribution in [-0.4, -0.2) is 71.7 Å². The van der Waals surface area contributed by atoms with Crippen LogP contribution in [0, 0.1) is 0 Å². The average molecular weight is 415 g/mol. The number of guanidine groups is 1. The molecule has 0 spiro atoms. The minimum Gasteiger partial charge on any atom is -0.370 e. The van der Waals surface area contributed by atoms with Gasteiger partial charge in [-0.15, -0.1) is 0 Å². The molecule has 0 saturated carbocycles. The third-order valence-electron chi connectivity index (χ3n) is 5.60. The van der Waals surface area contributed by atoms with Crippen molar-refractivity contribution in [3.05, 3.63) is 35.9 Å². The highest BCUT2D eigenvalue weighted by molar-refractivity contribution is 5.92. The Morgan fingerprint density at radius 1 is 1.17 bits per heavy atom. The molecule has 5 N–H and O–H groups in total. The number of piperazine rings is 1. The second-order valence-corrected chi connectivity index (χ2v) is 7.76. The summed E-state index contributed by atoms with van der Waals surface area (Å²) in [6.45, 7) is 1.42. The smallest absolute Gasteiger partial charge is 0.243 e. The lowest BCUT2D eigenvalue weighted by molar-refractivity contribution is -0.151. The van der Waals surface area contributed by atoms with Crippen LogP contribution in [0.1, 0.15) is 31.2 Å². The van der Waals surface area contributed by atoms with Crippen molar-refractivity contribution in [3.8, 4) is 0 Å². The number of nitrogens with zero attached hydrogens (tertiary/aromatic N) is 3. The molecule has 2 atom stereocenters. The summed E-state index contributed by atoms with van der Waals surface area (Å²) in [6.07, 6.45) is 2.99. The van der Waals surface area contributed by atoms with Crippen LogP contribution in [0.15, 0.2) is 35.3 Å². The number of amides is 3. The summed E-state index contributed by atoms with van der Waals surface area (Å²) in [5, 5.41) is 2.86. The first kappa shape index (κ1) is 21.6. The molecular formula is C21H30N6O3. The summed E-state index contributed by atoms with van der Waals surface area (Å²) >= 11 is 0. The van der Waals surface area contributed by atoms with Crippen LogP contribution in [-0.2, 0) is 20.8 Å². The zero-order valence-corrected chi connectivity index (χ0v) is 17.1. The maximum atomic E-state index is 12.7. The van der Waals surface area contributed by atoms with Crippen molar-refractivity contribution in [2.45, 2.75) is 44.2 Å². The molecular weight excluding hydrogens is 384 g/mol. The third-order valence-corrected chi connectivity index (χ3v) is 5.60. The highest BCUT2D eigenvalue weighted by atomic mass is 16.2. The van der Waals surface area contributed by atoms with Gasteiger partial charge in [0.15, 0.2) is 5.96 Å². The van der Waals surface area contributed by atoms with E-state index < -0.39 is 6.04 Å². The number of nitrogens with one attached hydrogen (secondary N) is 1. The summed E-state index contributed by atoms with van der Waals surface area (Å²) in [5.41, 5.74) is 11.6. The first-order chi connectivity index (χ1) is 14.5. The van der Waals surface area contributed by atoms with Crippen molar-refractivity contribution in [1.82, 2.24) is 15.1 Å². The SMILES string of the molecule is NC(N)=NCCCNC(=O)C1CCC2CN(C(=O)CCc3ccccc3)CC(=O)N21. The lowest BCUT2D eigenvalue weighted by Gasteiger charge is -2.39. The lowest BCUT2D eigenvalue weighted by atomic mass is 10.1. The Bertz CT molecular complexity index is 793. The lowest BCUT2D eigenvalue weighted by Crippen LogP contribution is -2.59. The molecule has 0 aliphatic carbocycles. The highest BCUT2D eigenvalue weighted by Gasteiger charge is 2.45. The van der Waals surface area contributed by atoms with Crippen LogP contribution < -0.4 is 16.8 Å². The van der Waals surface area contributed by atoms with E-state index >= 15 is 0 Å². The molecule has 1 aromatic rings. The van der Waals surface area contributed by atoms with E-state index in [2.05, 4.69) is 10.3 Å². The quantitative estimate of drug-likeness (QED) is 0.302. The molecule has 2 heterocycles. The Hall–Kier alpha value is -3.10. The number of carbonyl (C=O) groups is 3. The van der Waals surface area contributed by atoms with Gasteiger partial charge in [-0.25, -0.2) is 0 Å². The van der Waals surface area contributed by atoms with Crippen molar-refractivity contribution in [2.75, 3.05) is 26.2 Å². The number of fused-ring (bicyclic) bond motifs is 1. The maximum absolute atomic E-state index is 12.7. The van der Waals surface area contributed by atoms with Crippen molar-refractivity contribution in [3.63, 3.8) is 0 Å². The van der Waals surface area contributed by atoms with Gasteiger partial charge in [-0.05, 0) is 31.2 Å². The molecule has 0 bridgehead atoms. The summed E-state index contributed by atoms with van der Waals surface area (Å²) in [5.74, 6) is -0.293. The molecule has 2 aliphatic heterocycles. The fourth-order valence-electron chi connectivity index (χ4n) is 4.12. The van der Waals surface area contributed by atoms with Gasteiger partial charge >= 0.3 is 0 Å². The molecule has 30 heavy (non-hydrogen) atoms. The Labute approximate surface area is 176 Å². The first-order valence-electron chi connectivity index (χ1n) is 10.4. The Morgan fingerprint density at radius 2 is 1.93 bits per heavy atom. The molecule has 1 aromatic carbocycles. The highest BCUT2D eigenvalue weighted by Crippen LogP contribution is 2.28. The van der Waals surface area contributed by atoms with Gasteiger partial charge < -0.3 is 26.6 Å². The Balaban J connectivity index is 1.48. The largest absolute Gasteiger partial charge is 0.370 e. The molecule has 0 aromatic heterocycles. The second-order valence-electron chi connectivity index (χ2n) is 7.76. The molecule has 2 saturated heterocycles. The molecule has 2 aliphatic rings. The zero-order valence-electron chi connectivity index (χ0n) is 17.1. The van der Waals surface area contributed by atoms with E-state index in [1.165, 1.54) is 0 Å². The summed E-state index contributed by atoms with van der Waals surface area (Å²) in [4.78, 5) is 45.1. The van der Waals surface area contributed by atoms with Gasteiger partial charge in [-0.3, -0.25) is 19.4 Å². The monoisotopic (exact) mass is 414 g/mol. The molecule has 162 valence electrons. The molecule has 3 rings (SSSR count). The van der Waals surface area contributed by atoms with Crippen LogP contribution in [0.4, 0.5) is 0 Å². The topological polar surface area (TPSA) is 134 Å². The van der Waals surface area contributed by atoms with Gasteiger partial charge in [-0.1, -0.05) is 30.3 Å². The Morgan fingerprint density at radius 3 is 2.67 bits per heavy atom. The fraction of sp³-hybridized carbons (Fsp3) is 0.524. The molecule has 0 radical (unpaired) electrons. The summed E-state index contributed by atoms with van der Waals surface area (Å²) < 4.78 is 0. The van der Waals surface area contributed by atoms with E-state index in [0.717, 1.165) is 12.0 Å². The van der Waals surface area contributed by atoms with Crippen LogP contribution in [0.5, 0.6) is 0 Å². The van der Waals surface area contributed by atoms with E-state index in [4.69, 9.17) is 11.5 Å². The number of aliphatic imine (C=N–C) groups is 1. The molecule has 9 heteroatoms. The first-order valence-corrected chi connectivity index (χ1v) is 10.4. The number of nitrogens with two attached hydrogens (primary N) is 2. The van der Waals surface area contributed by atoms with Gasteiger partial charge in [0, 0.05) is 26.1 Å². The van der Waals surface area contributed by atoms with Crippen molar-refractivity contribution < 1.29 is 14.4 Å². The van der Waals surface area contributed by atoms with E-state index in [1.54, 1.807) is 9.80 Å². The molecule has 9 nitrogen and oxygen atoms in total. The number of aryl methyl sites for hydroxylation is 1. The van der Waals surface area contributed by atoms with Crippen LogP contribution >= 0.6 is 0 Å². The van der Waals surface area contributed by atoms with E-state index in [0.29, 0.717) is 45.3 Å². The molecule has 3 amide bonds. The van der Waals surface area contributed by atoms with E-state index in [-0.39, 0.29) is 36.3 Å². The van der Waals surface area contributed by atoms with Crippen molar-refractivity contribution in [1.29, 1.82) is 0 Å². The van der Waals surface area contributed by atoms with Crippen LogP contribution in [0.25, 0.3) is 0 Å². The second kappa shape index (κ2) is 10.1. The van der Waals surface area contributed by atoms with E-state index in [9.17, 15) is 14.4 Å². The zero-order chi connectivity index (χ0) is 21.5. The van der Waals surface area contributed by atoms with Gasteiger partial charge in [0.2, 0.25) is 17.7 Å². The summed E-state index contributed by atoms with van der Waals surface area (Å²) in [6, 6.07) is 9.28. The predicted molar refractivity (Wildman–Crippen MR) is 113 cm³/mol. The van der Waals surface area contributed by atoms with Crippen molar-refractivity contribution in [2.24, 2.45) is 16.5 Å². The van der Waals surface area contributed by atoms with Gasteiger partial charge in [0.05, 0.1) is 12.6 Å². The number of hydrogen-bond acceptors (Lipinski definition) is 4. The van der Waals surface area contributed by atoms with Gasteiger partial charge in [-0.2, -0.15) is 0 Å². The molecule has 2 unspecified atom stereocenters. The van der Waals surface area contributed by atoms with Crippen LogP contribution in [0.3, 0.4) is 0 Å². The third kappa shape index (κ3) is 5.49. The van der Waals surface area contributed by atoms with Crippen molar-refractivity contribution >= 4 is 23.7 Å². The van der Waals surface area contributed by atoms with Crippen LogP contribution in [0.2, 0.25) is 0 Å². The average Bonchev–Trinajstić information content (AvgIpc) is 3.17. The minimum absolute atomic E-state index is 0.0144. The van der Waals surface area contributed by atoms with Gasteiger partial charge in [0.1, 0.15) is 6.04 Å². The maximum Gasteiger partial charge on any atom is 0.243 e. The van der Waals surface area contributed by atoms with E-state index in [1.807, 2.05) is 30.3 Å². The van der Waals surface area contributed by atoms with Gasteiger partial charge in [0.25, 0.3) is 0 Å². The number of benzene rings is 1. The Kier molecular flexibility index (Phi) is 7.26. The fourth-order valence-corrected chi connectivity index (χ4v) is 4.12. The predicted octanol–water partition coefficient (Wildman–Crippen LogP) is -0.399. The summed E-state index contributed by atoms with van der Waals surface area (Å²) in [7, 11) is 0. The number of rotatable bonds is 8. The number of carbonyl (C=O) groups excluding carboxylic acids is 3. The minimum atomic E-state index is -0.466. The number of hydrogen-bond donors (Lipinski definition) is 3.